The number of hydrogen-bond acceptors (Lipinski definition) is 0. The van der Waals surface area contributed by atoms with Crippen LogP contribution in [-0.2, 0) is 11.8 Å². The quantitative estimate of drug-likeness (QED) is 0.120. The van der Waals surface area contributed by atoms with Gasteiger partial charge in [-0.3, -0.25) is 0 Å². The van der Waals surface area contributed by atoms with Gasteiger partial charge in [0, 0.05) is 27.8 Å². The minimum atomic E-state index is -0.293. The Morgan fingerprint density at radius 1 is 0.411 bits per heavy atom. The average molecular weight is 932 g/mol. The first-order valence-corrected chi connectivity index (χ1v) is 25.6. The van der Waals surface area contributed by atoms with Crippen molar-refractivity contribution in [2.24, 2.45) is 0 Å². The van der Waals surface area contributed by atoms with Gasteiger partial charge in [0.1, 0.15) is 0 Å². The van der Waals surface area contributed by atoms with E-state index in [1.807, 2.05) is 0 Å². The molecule has 1 nitrogen and oxygen atoms in total. The first-order valence-electron chi connectivity index (χ1n) is 25.6. The molecule has 0 amide bonds. The van der Waals surface area contributed by atoms with Crippen LogP contribution in [0.15, 0.2) is 286 Å². The van der Waals surface area contributed by atoms with Gasteiger partial charge in [0.25, 0.3) is 0 Å². The van der Waals surface area contributed by atoms with Crippen LogP contribution >= 0.6 is 0 Å². The fraction of sp³-hybridized carbons (Fsp3) is 0.0556. The number of nitrogens with zero attached hydrogens (tertiary/aromatic N) is 1. The van der Waals surface area contributed by atoms with Crippen LogP contribution in [0.25, 0.3) is 93.5 Å². The van der Waals surface area contributed by atoms with E-state index in [-0.39, 0.29) is 11.3 Å². The van der Waals surface area contributed by atoms with Gasteiger partial charge in [-0.2, -0.15) is 0 Å². The first-order chi connectivity index (χ1) is 36.2. The number of aromatic nitrogens is 1. The van der Waals surface area contributed by atoms with E-state index in [1.165, 1.54) is 116 Å². The Hall–Kier alpha value is -9.04. The zero-order valence-corrected chi connectivity index (χ0v) is 40.8. The number of benzene rings is 10. The number of hydrogen-bond donors (Lipinski definition) is 0. The maximum Gasteiger partial charge on any atom is 0.0541 e. The van der Waals surface area contributed by atoms with E-state index < -0.39 is 0 Å². The molecule has 0 aliphatic heterocycles. The molecule has 11 aromatic rings. The van der Waals surface area contributed by atoms with E-state index >= 15 is 0 Å². The van der Waals surface area contributed by atoms with Gasteiger partial charge in [-0.15, -0.1) is 13.2 Å². The SMILES string of the molecule is C1=CC2=CC(C=C1)c1ccccc1C21C/C=C\C=C/Cc2ccc(-c3ccc(-c4ccc5c(c4)c4ccccc4n5-c4ccc(-c5c6ccccc6c(-c6ccccc6)c6ccccc56)cc4)cc3)cc21.C=C. The molecule has 3 aliphatic carbocycles. The van der Waals surface area contributed by atoms with Crippen LogP contribution in [-0.4, -0.2) is 4.57 Å². The second-order valence-electron chi connectivity index (χ2n) is 19.4. The van der Waals surface area contributed by atoms with Gasteiger partial charge in [-0.05, 0) is 143 Å². The van der Waals surface area contributed by atoms with Gasteiger partial charge in [-0.25, -0.2) is 0 Å². The van der Waals surface area contributed by atoms with Crippen LogP contribution in [0.4, 0.5) is 0 Å². The second kappa shape index (κ2) is 18.3. The van der Waals surface area contributed by atoms with Crippen molar-refractivity contribution >= 4 is 43.4 Å². The summed E-state index contributed by atoms with van der Waals surface area (Å²) in [6, 6.07) is 79.3. The highest BCUT2D eigenvalue weighted by molar-refractivity contribution is 6.21. The number of para-hydroxylation sites is 1. The van der Waals surface area contributed by atoms with Gasteiger partial charge in [0.2, 0.25) is 0 Å². The third kappa shape index (κ3) is 7.22. The van der Waals surface area contributed by atoms with Crippen LogP contribution in [0.2, 0.25) is 0 Å². The Balaban J connectivity index is 0.00000255. The summed E-state index contributed by atoms with van der Waals surface area (Å²) in [4.78, 5) is 0. The summed E-state index contributed by atoms with van der Waals surface area (Å²) in [7, 11) is 0. The number of rotatable bonds is 5. The maximum absolute atomic E-state index is 3.00. The van der Waals surface area contributed by atoms with Gasteiger partial charge in [-0.1, -0.05) is 231 Å². The zero-order valence-electron chi connectivity index (χ0n) is 40.8. The molecule has 0 N–H and O–H groups in total. The minimum absolute atomic E-state index is 0.274. The predicted molar refractivity (Wildman–Crippen MR) is 312 cm³/mol. The molecule has 1 heteroatoms. The molecule has 0 saturated carbocycles. The highest BCUT2D eigenvalue weighted by Gasteiger charge is 2.43. The highest BCUT2D eigenvalue weighted by atomic mass is 15.0. The summed E-state index contributed by atoms with van der Waals surface area (Å²) in [5.74, 6) is 0.274. The van der Waals surface area contributed by atoms with E-state index in [0.29, 0.717) is 0 Å². The lowest BCUT2D eigenvalue weighted by molar-refractivity contribution is 0.596. The summed E-state index contributed by atoms with van der Waals surface area (Å²) in [5.41, 5.74) is 20.1. The lowest BCUT2D eigenvalue weighted by atomic mass is 9.60. The average Bonchev–Trinajstić information content (AvgIpc) is 3.68. The van der Waals surface area contributed by atoms with E-state index in [9.17, 15) is 0 Å². The molecule has 0 fully saturated rings. The van der Waals surface area contributed by atoms with Crippen LogP contribution in [0.3, 0.4) is 0 Å². The third-order valence-electron chi connectivity index (χ3n) is 15.7. The Morgan fingerprint density at radius 3 is 1.67 bits per heavy atom. The minimum Gasteiger partial charge on any atom is -0.309 e. The molecule has 2 atom stereocenters. The topological polar surface area (TPSA) is 4.93 Å². The molecule has 346 valence electrons. The summed E-state index contributed by atoms with van der Waals surface area (Å²) < 4.78 is 2.43. The van der Waals surface area contributed by atoms with Crippen molar-refractivity contribution in [1.82, 2.24) is 4.57 Å². The molecule has 0 radical (unpaired) electrons. The number of allylic oxidation sites excluding steroid dienone is 10. The fourth-order valence-electron chi connectivity index (χ4n) is 12.4. The van der Waals surface area contributed by atoms with Crippen LogP contribution in [0.5, 0.6) is 0 Å². The third-order valence-corrected chi connectivity index (χ3v) is 15.7. The second-order valence-corrected chi connectivity index (χ2v) is 19.4. The molecule has 0 saturated heterocycles. The maximum atomic E-state index is 3.00. The molecule has 1 aromatic heterocycles. The van der Waals surface area contributed by atoms with Gasteiger partial charge in [0.05, 0.1) is 11.0 Å². The Labute approximate surface area is 428 Å². The lowest BCUT2D eigenvalue weighted by Crippen LogP contribution is -2.34. The summed E-state index contributed by atoms with van der Waals surface area (Å²) in [6.45, 7) is 6.00. The van der Waals surface area contributed by atoms with Crippen molar-refractivity contribution in [2.75, 3.05) is 0 Å². The van der Waals surface area contributed by atoms with Crippen LogP contribution < -0.4 is 0 Å². The Bertz CT molecular complexity index is 4040. The summed E-state index contributed by atoms with van der Waals surface area (Å²) in [6.07, 6.45) is 22.6. The van der Waals surface area contributed by atoms with Crippen molar-refractivity contribution in [1.29, 1.82) is 0 Å². The van der Waals surface area contributed by atoms with E-state index in [0.717, 1.165) is 18.5 Å². The largest absolute Gasteiger partial charge is 0.309 e. The fourth-order valence-corrected chi connectivity index (χ4v) is 12.4. The van der Waals surface area contributed by atoms with Crippen molar-refractivity contribution in [3.05, 3.63) is 308 Å². The van der Waals surface area contributed by atoms with Crippen molar-refractivity contribution < 1.29 is 0 Å². The molecule has 10 aromatic carbocycles. The smallest absolute Gasteiger partial charge is 0.0541 e. The van der Waals surface area contributed by atoms with E-state index in [1.54, 1.807) is 0 Å². The molecule has 2 unspecified atom stereocenters. The molecule has 3 aliphatic rings. The van der Waals surface area contributed by atoms with Crippen molar-refractivity contribution in [3.8, 4) is 50.2 Å². The normalized spacial score (nSPS) is 17.4. The molecule has 1 spiro atoms. The Morgan fingerprint density at radius 2 is 0.959 bits per heavy atom. The predicted octanol–water partition coefficient (Wildman–Crippen LogP) is 19.1. The molecule has 73 heavy (non-hydrogen) atoms. The molecule has 2 bridgehead atoms. The zero-order chi connectivity index (χ0) is 48.9. The van der Waals surface area contributed by atoms with Crippen molar-refractivity contribution in [2.45, 2.75) is 24.2 Å². The van der Waals surface area contributed by atoms with Crippen molar-refractivity contribution in [3.63, 3.8) is 0 Å². The van der Waals surface area contributed by atoms with E-state index in [2.05, 4.69) is 285 Å². The lowest BCUT2D eigenvalue weighted by Gasteiger charge is -2.42. The van der Waals surface area contributed by atoms with Gasteiger partial charge in [0.15, 0.2) is 0 Å². The monoisotopic (exact) mass is 931 g/mol. The molecule has 1 heterocycles. The van der Waals surface area contributed by atoms with Crippen LogP contribution in [0, 0.1) is 0 Å². The Kier molecular flexibility index (Phi) is 11.0. The van der Waals surface area contributed by atoms with E-state index in [4.69, 9.17) is 0 Å². The molecular formula is C72H53N. The van der Waals surface area contributed by atoms with Gasteiger partial charge < -0.3 is 4.57 Å². The highest BCUT2D eigenvalue weighted by Crippen LogP contribution is 2.53. The summed E-state index contributed by atoms with van der Waals surface area (Å²) in [5, 5.41) is 7.56. The molecular weight excluding hydrogens is 879 g/mol. The summed E-state index contributed by atoms with van der Waals surface area (Å²) >= 11 is 0. The number of fused-ring (bicyclic) bond motifs is 12. The van der Waals surface area contributed by atoms with Gasteiger partial charge >= 0.3 is 0 Å². The standard InChI is InChI=1S/C70H49N.C2H4/c1-2-17-43-70(55-22-8-7-21-54(44-55)57-23-13-15-29-64(57)70)65-46-53(36-35-49(65)18-4-1)48-33-31-47(32-34-48)52-39-42-67-63(45-52)58-24-14-16-30-66(58)71(67)56-40-37-51(38-41-56)69-61-27-11-9-25-59(61)68(50-19-5-3-6-20-50)60-26-10-12-28-62(60)69;1-2/h1-17,19-42,44-46,54H,18,43H2;1-2H2/b4-1-,17-2-;. The first kappa shape index (κ1) is 43.9. The molecule has 14 rings (SSSR count). The van der Waals surface area contributed by atoms with Crippen LogP contribution in [0.1, 0.15) is 34.6 Å².